The fourth-order valence-corrected chi connectivity index (χ4v) is 3.53. The third-order valence-electron chi connectivity index (χ3n) is 5.45. The van der Waals surface area contributed by atoms with Gasteiger partial charge in [-0.15, -0.1) is 10.2 Å². The van der Waals surface area contributed by atoms with E-state index in [1.807, 2.05) is 41.1 Å². The Labute approximate surface area is 176 Å². The smallest absolute Gasteiger partial charge is 0.273 e. The molecule has 2 heterocycles. The molecule has 0 radical (unpaired) electrons. The van der Waals surface area contributed by atoms with Gasteiger partial charge in [0.2, 0.25) is 11.9 Å². The van der Waals surface area contributed by atoms with Crippen LogP contribution in [0.1, 0.15) is 55.6 Å². The molecule has 9 heteroatoms. The lowest BCUT2D eigenvalue weighted by Crippen LogP contribution is -2.48. The number of likely N-dealkylation sites (tertiary alicyclic amines) is 1. The van der Waals surface area contributed by atoms with Crippen LogP contribution in [-0.4, -0.2) is 58.1 Å². The second kappa shape index (κ2) is 9.06. The highest BCUT2D eigenvalue weighted by Crippen LogP contribution is 2.24. The SMILES string of the molecule is CC(=O)N1CCC[C@@H](N(C)c2nnc(C(N)=O)c(Nc3ccc(C(C)C)cc3)n2)C1. The van der Waals surface area contributed by atoms with E-state index in [4.69, 9.17) is 5.73 Å². The summed E-state index contributed by atoms with van der Waals surface area (Å²) in [6.07, 6.45) is 1.83. The van der Waals surface area contributed by atoms with E-state index < -0.39 is 5.91 Å². The third-order valence-corrected chi connectivity index (χ3v) is 5.45. The van der Waals surface area contributed by atoms with Gasteiger partial charge in [-0.3, -0.25) is 9.59 Å². The Morgan fingerprint density at radius 2 is 1.93 bits per heavy atom. The molecular weight excluding hydrogens is 382 g/mol. The number of nitrogens with one attached hydrogen (secondary N) is 1. The van der Waals surface area contributed by atoms with Gasteiger partial charge in [0.25, 0.3) is 5.91 Å². The largest absolute Gasteiger partial charge is 0.364 e. The van der Waals surface area contributed by atoms with Crippen LogP contribution in [0, 0.1) is 0 Å². The second-order valence-electron chi connectivity index (χ2n) is 7.95. The molecule has 3 N–H and O–H groups in total. The average molecular weight is 412 g/mol. The summed E-state index contributed by atoms with van der Waals surface area (Å²) >= 11 is 0. The normalized spacial score (nSPS) is 16.4. The van der Waals surface area contributed by atoms with Crippen LogP contribution in [0.3, 0.4) is 0 Å². The predicted molar refractivity (Wildman–Crippen MR) is 116 cm³/mol. The van der Waals surface area contributed by atoms with E-state index >= 15 is 0 Å². The monoisotopic (exact) mass is 411 g/mol. The van der Waals surface area contributed by atoms with Crippen LogP contribution in [0.5, 0.6) is 0 Å². The molecule has 9 nitrogen and oxygen atoms in total. The molecule has 0 saturated carbocycles. The van der Waals surface area contributed by atoms with Gasteiger partial charge in [-0.25, -0.2) is 0 Å². The van der Waals surface area contributed by atoms with E-state index in [2.05, 4.69) is 34.3 Å². The highest BCUT2D eigenvalue weighted by atomic mass is 16.2. The van der Waals surface area contributed by atoms with Gasteiger partial charge in [0.1, 0.15) is 0 Å². The molecule has 3 rings (SSSR count). The van der Waals surface area contributed by atoms with E-state index in [1.54, 1.807) is 6.92 Å². The summed E-state index contributed by atoms with van der Waals surface area (Å²) in [7, 11) is 1.87. The molecule has 1 aromatic carbocycles. The van der Waals surface area contributed by atoms with Gasteiger partial charge in [-0.05, 0) is 36.5 Å². The molecule has 1 aliphatic heterocycles. The number of anilines is 3. The maximum Gasteiger partial charge on any atom is 0.273 e. The Balaban J connectivity index is 1.85. The number of amides is 2. The van der Waals surface area contributed by atoms with Gasteiger partial charge in [0.05, 0.1) is 0 Å². The lowest BCUT2D eigenvalue weighted by atomic mass is 10.0. The van der Waals surface area contributed by atoms with E-state index in [1.165, 1.54) is 5.56 Å². The van der Waals surface area contributed by atoms with Gasteiger partial charge in [0, 0.05) is 38.8 Å². The first kappa shape index (κ1) is 21.5. The number of aromatic nitrogens is 3. The maximum atomic E-state index is 11.8. The van der Waals surface area contributed by atoms with Gasteiger partial charge < -0.3 is 20.9 Å². The molecule has 0 bridgehead atoms. The van der Waals surface area contributed by atoms with Crippen molar-refractivity contribution >= 4 is 29.3 Å². The molecule has 2 aromatic rings. The summed E-state index contributed by atoms with van der Waals surface area (Å²) in [6, 6.07) is 7.98. The highest BCUT2D eigenvalue weighted by molar-refractivity contribution is 5.96. The second-order valence-corrected chi connectivity index (χ2v) is 7.95. The van der Waals surface area contributed by atoms with Crippen molar-refractivity contribution in [1.29, 1.82) is 0 Å². The number of carbonyl (C=O) groups is 2. The molecule has 2 amide bonds. The summed E-state index contributed by atoms with van der Waals surface area (Å²) in [6.45, 7) is 7.20. The topological polar surface area (TPSA) is 117 Å². The highest BCUT2D eigenvalue weighted by Gasteiger charge is 2.27. The number of likely N-dealkylation sites (N-methyl/N-ethyl adjacent to an activating group) is 1. The number of nitrogens with zero attached hydrogens (tertiary/aromatic N) is 5. The van der Waals surface area contributed by atoms with Crippen LogP contribution in [0.2, 0.25) is 0 Å². The minimum Gasteiger partial charge on any atom is -0.364 e. The van der Waals surface area contributed by atoms with Gasteiger partial charge in [0.15, 0.2) is 11.5 Å². The number of carbonyl (C=O) groups excluding carboxylic acids is 2. The zero-order valence-corrected chi connectivity index (χ0v) is 17.9. The molecule has 0 unspecified atom stereocenters. The number of hydrogen-bond acceptors (Lipinski definition) is 7. The van der Waals surface area contributed by atoms with Crippen molar-refractivity contribution < 1.29 is 9.59 Å². The fraction of sp³-hybridized carbons (Fsp3) is 0.476. The maximum absolute atomic E-state index is 11.8. The molecule has 160 valence electrons. The molecule has 1 aliphatic rings. The number of piperidine rings is 1. The average Bonchev–Trinajstić information content (AvgIpc) is 2.73. The van der Waals surface area contributed by atoms with Crippen molar-refractivity contribution in [3.8, 4) is 0 Å². The zero-order valence-electron chi connectivity index (χ0n) is 17.9. The van der Waals surface area contributed by atoms with Crippen molar-refractivity contribution in [2.45, 2.75) is 45.6 Å². The molecule has 1 aromatic heterocycles. The summed E-state index contributed by atoms with van der Waals surface area (Å²) in [4.78, 5) is 31.8. The number of rotatable bonds is 6. The first-order valence-corrected chi connectivity index (χ1v) is 10.2. The van der Waals surface area contributed by atoms with Crippen molar-refractivity contribution in [3.63, 3.8) is 0 Å². The fourth-order valence-electron chi connectivity index (χ4n) is 3.53. The Morgan fingerprint density at radius 1 is 1.23 bits per heavy atom. The molecule has 30 heavy (non-hydrogen) atoms. The van der Waals surface area contributed by atoms with E-state index in [9.17, 15) is 9.59 Å². The van der Waals surface area contributed by atoms with Gasteiger partial charge in [-0.1, -0.05) is 26.0 Å². The molecule has 1 atom stereocenters. The van der Waals surface area contributed by atoms with E-state index in [-0.39, 0.29) is 23.5 Å². The molecule has 0 spiro atoms. The Hall–Kier alpha value is -3.23. The van der Waals surface area contributed by atoms with Crippen molar-refractivity contribution in [2.75, 3.05) is 30.4 Å². The summed E-state index contributed by atoms with van der Waals surface area (Å²) in [5.74, 6) is 0.410. The minimum absolute atomic E-state index is 0.0194. The lowest BCUT2D eigenvalue weighted by molar-refractivity contribution is -0.129. The van der Waals surface area contributed by atoms with Gasteiger partial charge in [-0.2, -0.15) is 4.98 Å². The molecule has 1 saturated heterocycles. The first-order valence-electron chi connectivity index (χ1n) is 10.2. The molecular formula is C21H29N7O2. The number of hydrogen-bond donors (Lipinski definition) is 2. The first-order chi connectivity index (χ1) is 14.3. The van der Waals surface area contributed by atoms with Crippen LogP contribution in [0.15, 0.2) is 24.3 Å². The predicted octanol–water partition coefficient (Wildman–Crippen LogP) is 2.28. The Kier molecular flexibility index (Phi) is 6.49. The van der Waals surface area contributed by atoms with E-state index in [0.717, 1.165) is 25.1 Å². The molecule has 0 aliphatic carbocycles. The standard InChI is InChI=1S/C21H29N7O2/c1-13(2)15-7-9-16(10-8-15)23-20-18(19(22)30)25-26-21(24-20)27(4)17-6-5-11-28(12-17)14(3)29/h7-10,13,17H,5-6,11-12H2,1-4H3,(H2,22,30)(H,23,24,26)/t17-/m1/s1. The quantitative estimate of drug-likeness (QED) is 0.749. The third kappa shape index (κ3) is 4.84. The van der Waals surface area contributed by atoms with Gasteiger partial charge >= 0.3 is 0 Å². The Morgan fingerprint density at radius 3 is 2.53 bits per heavy atom. The van der Waals surface area contributed by atoms with Crippen molar-refractivity contribution in [3.05, 3.63) is 35.5 Å². The minimum atomic E-state index is -0.703. The lowest BCUT2D eigenvalue weighted by Gasteiger charge is -2.37. The summed E-state index contributed by atoms with van der Waals surface area (Å²) in [5, 5.41) is 11.3. The number of benzene rings is 1. The number of nitrogens with two attached hydrogens (primary N) is 1. The Bertz CT molecular complexity index is 914. The van der Waals surface area contributed by atoms with Crippen molar-refractivity contribution in [2.24, 2.45) is 5.73 Å². The van der Waals surface area contributed by atoms with Crippen LogP contribution in [-0.2, 0) is 4.79 Å². The number of primary amides is 1. The molecule has 1 fully saturated rings. The van der Waals surface area contributed by atoms with Crippen molar-refractivity contribution in [1.82, 2.24) is 20.1 Å². The van der Waals surface area contributed by atoms with Crippen LogP contribution >= 0.6 is 0 Å². The van der Waals surface area contributed by atoms with E-state index in [0.29, 0.717) is 18.4 Å². The van der Waals surface area contributed by atoms with Crippen LogP contribution in [0.4, 0.5) is 17.5 Å². The summed E-state index contributed by atoms with van der Waals surface area (Å²) in [5.41, 5.74) is 7.44. The van der Waals surface area contributed by atoms with Crippen LogP contribution in [0.25, 0.3) is 0 Å². The zero-order chi connectivity index (χ0) is 21.8. The summed E-state index contributed by atoms with van der Waals surface area (Å²) < 4.78 is 0. The van der Waals surface area contributed by atoms with Crippen LogP contribution < -0.4 is 16.0 Å².